The van der Waals surface area contributed by atoms with E-state index in [0.717, 1.165) is 5.56 Å². The summed E-state index contributed by atoms with van der Waals surface area (Å²) in [6.07, 6.45) is 0. The number of amides is 2. The Hall–Kier alpha value is -4.11. The van der Waals surface area contributed by atoms with Crippen molar-refractivity contribution in [3.63, 3.8) is 0 Å². The molecule has 8 nitrogen and oxygen atoms in total. The molecule has 0 aromatic heterocycles. The van der Waals surface area contributed by atoms with E-state index in [-0.39, 0.29) is 22.6 Å². The van der Waals surface area contributed by atoms with Gasteiger partial charge >= 0.3 is 0 Å². The van der Waals surface area contributed by atoms with Gasteiger partial charge in [0.25, 0.3) is 11.8 Å². The molecule has 3 N–H and O–H groups in total. The summed E-state index contributed by atoms with van der Waals surface area (Å²) in [7, 11) is 4.42. The van der Waals surface area contributed by atoms with Gasteiger partial charge in [0.2, 0.25) is 5.75 Å². The Bertz CT molecular complexity index is 1170. The second kappa shape index (κ2) is 11.8. The minimum atomic E-state index is -0.451. The van der Waals surface area contributed by atoms with Crippen LogP contribution in [0.15, 0.2) is 66.7 Å². The summed E-state index contributed by atoms with van der Waals surface area (Å²) in [5, 5.41) is 8.62. The first kappa shape index (κ1) is 25.5. The molecule has 35 heavy (non-hydrogen) atoms. The van der Waals surface area contributed by atoms with Crippen molar-refractivity contribution in [3.8, 4) is 17.2 Å². The molecule has 0 radical (unpaired) electrons. The minimum absolute atomic E-state index is 0.0960. The van der Waals surface area contributed by atoms with E-state index in [9.17, 15) is 9.59 Å². The van der Waals surface area contributed by atoms with Gasteiger partial charge in [-0.25, -0.2) is 0 Å². The highest BCUT2D eigenvalue weighted by Gasteiger charge is 2.18. The molecule has 0 saturated carbocycles. The number of benzene rings is 3. The zero-order valence-electron chi connectivity index (χ0n) is 19.9. The van der Waals surface area contributed by atoms with Crippen LogP contribution in [0.1, 0.15) is 39.2 Å². The highest BCUT2D eigenvalue weighted by Crippen LogP contribution is 2.38. The van der Waals surface area contributed by atoms with Gasteiger partial charge in [-0.15, -0.1) is 0 Å². The van der Waals surface area contributed by atoms with Gasteiger partial charge < -0.3 is 24.8 Å². The van der Waals surface area contributed by atoms with E-state index in [2.05, 4.69) is 16.0 Å². The van der Waals surface area contributed by atoms with E-state index in [1.165, 1.54) is 33.5 Å². The first-order valence-corrected chi connectivity index (χ1v) is 11.1. The Morgan fingerprint density at radius 3 is 1.94 bits per heavy atom. The zero-order valence-corrected chi connectivity index (χ0v) is 20.7. The fourth-order valence-corrected chi connectivity index (χ4v) is 3.57. The third-order valence-electron chi connectivity index (χ3n) is 5.21. The van der Waals surface area contributed by atoms with Crippen LogP contribution in [0.25, 0.3) is 0 Å². The maximum Gasteiger partial charge on any atom is 0.257 e. The third-order valence-corrected chi connectivity index (χ3v) is 5.41. The SMILES string of the molecule is COc1cc(C(=O)NC(=S)Nc2ccc(C(=O)NC(C)c3ccccc3)cc2)cc(OC)c1OC. The lowest BCUT2D eigenvalue weighted by atomic mass is 10.1. The second-order valence-corrected chi connectivity index (χ2v) is 7.91. The lowest BCUT2D eigenvalue weighted by Crippen LogP contribution is -2.34. The third kappa shape index (κ3) is 6.48. The Morgan fingerprint density at radius 2 is 1.40 bits per heavy atom. The second-order valence-electron chi connectivity index (χ2n) is 7.51. The molecule has 3 aromatic carbocycles. The number of rotatable bonds is 8. The van der Waals surface area contributed by atoms with Crippen molar-refractivity contribution in [1.29, 1.82) is 0 Å². The predicted octanol–water partition coefficient (Wildman–Crippen LogP) is 4.33. The summed E-state index contributed by atoms with van der Waals surface area (Å²) in [6, 6.07) is 19.4. The average molecular weight is 494 g/mol. The van der Waals surface area contributed by atoms with Crippen molar-refractivity contribution in [3.05, 3.63) is 83.4 Å². The fraction of sp³-hybridized carbons (Fsp3) is 0.192. The number of thiocarbonyl (C=S) groups is 1. The van der Waals surface area contributed by atoms with E-state index in [1.807, 2.05) is 37.3 Å². The van der Waals surface area contributed by atoms with Gasteiger partial charge in [0, 0.05) is 16.8 Å². The Balaban J connectivity index is 1.60. The molecule has 1 unspecified atom stereocenters. The number of ether oxygens (including phenoxy) is 3. The summed E-state index contributed by atoms with van der Waals surface area (Å²) >= 11 is 5.27. The van der Waals surface area contributed by atoms with Crippen molar-refractivity contribution in [2.75, 3.05) is 26.6 Å². The normalized spacial score (nSPS) is 11.1. The van der Waals surface area contributed by atoms with Crippen LogP contribution in [0.3, 0.4) is 0 Å². The molecule has 0 spiro atoms. The topological polar surface area (TPSA) is 97.9 Å². The predicted molar refractivity (Wildman–Crippen MR) is 139 cm³/mol. The van der Waals surface area contributed by atoms with Crippen LogP contribution < -0.4 is 30.2 Å². The monoisotopic (exact) mass is 493 g/mol. The van der Waals surface area contributed by atoms with Crippen molar-refractivity contribution in [2.45, 2.75) is 13.0 Å². The average Bonchev–Trinajstić information content (AvgIpc) is 2.88. The highest BCUT2D eigenvalue weighted by molar-refractivity contribution is 7.80. The standard InChI is InChI=1S/C26H27N3O5S/c1-16(17-8-6-5-7-9-17)27-24(30)18-10-12-20(13-11-18)28-26(35)29-25(31)19-14-21(32-2)23(34-4)22(15-19)33-3/h5-16H,1-4H3,(H,27,30)(H2,28,29,31,35). The molecular weight excluding hydrogens is 466 g/mol. The Labute approximate surface area is 209 Å². The van der Waals surface area contributed by atoms with E-state index in [4.69, 9.17) is 26.4 Å². The van der Waals surface area contributed by atoms with E-state index in [0.29, 0.717) is 28.5 Å². The van der Waals surface area contributed by atoms with Crippen molar-refractivity contribution < 1.29 is 23.8 Å². The lowest BCUT2D eigenvalue weighted by molar-refractivity contribution is 0.0938. The molecule has 0 bridgehead atoms. The maximum atomic E-state index is 12.7. The number of methoxy groups -OCH3 is 3. The first-order chi connectivity index (χ1) is 16.9. The van der Waals surface area contributed by atoms with Crippen LogP contribution in [0.4, 0.5) is 5.69 Å². The van der Waals surface area contributed by atoms with Gasteiger partial charge in [-0.2, -0.15) is 0 Å². The van der Waals surface area contributed by atoms with Crippen LogP contribution in [0, 0.1) is 0 Å². The van der Waals surface area contributed by atoms with Gasteiger partial charge in [0.1, 0.15) is 0 Å². The number of hydrogen-bond acceptors (Lipinski definition) is 6. The molecule has 0 saturated heterocycles. The number of carbonyl (C=O) groups is 2. The van der Waals surface area contributed by atoms with Crippen LogP contribution in [-0.4, -0.2) is 38.3 Å². The van der Waals surface area contributed by atoms with Crippen molar-refractivity contribution >= 4 is 34.8 Å². The van der Waals surface area contributed by atoms with Crippen LogP contribution in [0.5, 0.6) is 17.2 Å². The summed E-state index contributed by atoms with van der Waals surface area (Å²) in [4.78, 5) is 25.3. The summed E-state index contributed by atoms with van der Waals surface area (Å²) in [5.74, 6) is 0.450. The quantitative estimate of drug-likeness (QED) is 0.402. The van der Waals surface area contributed by atoms with E-state index >= 15 is 0 Å². The number of anilines is 1. The Morgan fingerprint density at radius 1 is 0.800 bits per heavy atom. The van der Waals surface area contributed by atoms with Crippen molar-refractivity contribution in [1.82, 2.24) is 10.6 Å². The fourth-order valence-electron chi connectivity index (χ4n) is 3.36. The molecule has 0 aliphatic carbocycles. The van der Waals surface area contributed by atoms with Gasteiger partial charge in [-0.05, 0) is 61.1 Å². The molecule has 182 valence electrons. The molecule has 0 aliphatic heterocycles. The largest absolute Gasteiger partial charge is 0.493 e. The summed E-state index contributed by atoms with van der Waals surface area (Å²) < 4.78 is 15.8. The summed E-state index contributed by atoms with van der Waals surface area (Å²) in [6.45, 7) is 1.93. The molecule has 3 aromatic rings. The molecule has 0 fully saturated rings. The number of hydrogen-bond donors (Lipinski definition) is 3. The minimum Gasteiger partial charge on any atom is -0.493 e. The lowest BCUT2D eigenvalue weighted by Gasteiger charge is -2.15. The van der Waals surface area contributed by atoms with Gasteiger partial charge in [0.15, 0.2) is 16.6 Å². The first-order valence-electron chi connectivity index (χ1n) is 10.7. The number of carbonyl (C=O) groups excluding carboxylic acids is 2. The summed E-state index contributed by atoms with van der Waals surface area (Å²) in [5.41, 5.74) is 2.43. The molecule has 9 heteroatoms. The maximum absolute atomic E-state index is 12.7. The van der Waals surface area contributed by atoms with Crippen LogP contribution in [0.2, 0.25) is 0 Å². The smallest absolute Gasteiger partial charge is 0.257 e. The molecule has 0 heterocycles. The molecule has 3 rings (SSSR count). The molecule has 2 amide bonds. The van der Waals surface area contributed by atoms with Gasteiger partial charge in [-0.1, -0.05) is 30.3 Å². The molecular formula is C26H27N3O5S. The molecule has 1 atom stereocenters. The van der Waals surface area contributed by atoms with Crippen LogP contribution >= 0.6 is 12.2 Å². The van der Waals surface area contributed by atoms with Gasteiger partial charge in [-0.3, -0.25) is 14.9 Å². The van der Waals surface area contributed by atoms with E-state index < -0.39 is 5.91 Å². The number of nitrogens with one attached hydrogen (secondary N) is 3. The molecule has 0 aliphatic rings. The Kier molecular flexibility index (Phi) is 8.63. The van der Waals surface area contributed by atoms with E-state index in [1.54, 1.807) is 24.3 Å². The zero-order chi connectivity index (χ0) is 25.4. The highest BCUT2D eigenvalue weighted by atomic mass is 32.1. The van der Waals surface area contributed by atoms with Gasteiger partial charge in [0.05, 0.1) is 27.4 Å². The van der Waals surface area contributed by atoms with Crippen molar-refractivity contribution in [2.24, 2.45) is 0 Å². The van der Waals surface area contributed by atoms with Crippen LogP contribution in [-0.2, 0) is 0 Å².